The molecule has 0 saturated carbocycles. The molecule has 0 aromatic heterocycles. The molecule has 45 heavy (non-hydrogen) atoms. The van der Waals surface area contributed by atoms with E-state index >= 15 is 0 Å². The first kappa shape index (κ1) is 30.3. The van der Waals surface area contributed by atoms with Crippen LogP contribution >= 0.6 is 0 Å². The summed E-state index contributed by atoms with van der Waals surface area (Å²) in [4.78, 5) is 2.69. The van der Waals surface area contributed by atoms with E-state index in [1.807, 2.05) is 0 Å². The molecule has 0 radical (unpaired) electrons. The highest BCUT2D eigenvalue weighted by Crippen LogP contribution is 2.43. The maximum Gasteiger partial charge on any atom is 0.0973 e. The van der Waals surface area contributed by atoms with Crippen molar-refractivity contribution in [2.75, 3.05) is 19.6 Å². The Morgan fingerprint density at radius 3 is 0.978 bits per heavy atom. The molecule has 0 aliphatic heterocycles. The van der Waals surface area contributed by atoms with Gasteiger partial charge in [-0.05, 0) is 46.3 Å². The molecule has 0 saturated heterocycles. The van der Waals surface area contributed by atoms with Crippen molar-refractivity contribution in [3.63, 3.8) is 0 Å². The van der Waals surface area contributed by atoms with E-state index in [1.165, 1.54) is 33.4 Å². The Balaban J connectivity index is 1.48. The Kier molecular flexibility index (Phi) is 9.65. The van der Waals surface area contributed by atoms with E-state index in [-0.39, 0.29) is 0 Å². The molecule has 0 spiro atoms. The van der Waals surface area contributed by atoms with E-state index < -0.39 is 11.1 Å². The summed E-state index contributed by atoms with van der Waals surface area (Å²) in [6.45, 7) is 4.83. The fourth-order valence-corrected chi connectivity index (χ4v) is 7.05. The van der Waals surface area contributed by atoms with Crippen LogP contribution in [-0.2, 0) is 11.1 Å². The minimum absolute atomic E-state index is 0.462. The third-order valence-corrected chi connectivity index (χ3v) is 8.93. The second-order valence-electron chi connectivity index (χ2n) is 11.6. The lowest BCUT2D eigenvalue weighted by atomic mass is 9.75. The summed E-state index contributed by atoms with van der Waals surface area (Å²) in [6.07, 6.45) is 1.04. The molecule has 0 atom stereocenters. The maximum absolute atomic E-state index is 4.16. The molecule has 0 aliphatic rings. The summed E-state index contributed by atoms with van der Waals surface area (Å²) < 4.78 is 0. The molecule has 0 bridgehead atoms. The van der Waals surface area contributed by atoms with Gasteiger partial charge in [0.05, 0.1) is 11.1 Å². The fraction of sp³-hybridized carbons (Fsp3) is 0.163. The van der Waals surface area contributed by atoms with Gasteiger partial charge in [0.25, 0.3) is 0 Å². The van der Waals surface area contributed by atoms with Crippen LogP contribution in [0.15, 0.2) is 182 Å². The van der Waals surface area contributed by atoms with Crippen molar-refractivity contribution in [2.45, 2.75) is 24.4 Å². The molecule has 2 heteroatoms. The third kappa shape index (κ3) is 6.00. The molecule has 1 N–H and O–H groups in total. The van der Waals surface area contributed by atoms with Crippen molar-refractivity contribution in [1.29, 1.82) is 0 Å². The van der Waals surface area contributed by atoms with E-state index in [2.05, 4.69) is 199 Å². The van der Waals surface area contributed by atoms with Crippen molar-refractivity contribution >= 4 is 0 Å². The predicted octanol–water partition coefficient (Wildman–Crippen LogP) is 9.27. The molecule has 0 aliphatic carbocycles. The Labute approximate surface area is 269 Å². The van der Waals surface area contributed by atoms with Gasteiger partial charge in [-0.1, -0.05) is 189 Å². The van der Waals surface area contributed by atoms with Crippen LogP contribution in [0.3, 0.4) is 0 Å². The summed E-state index contributed by atoms with van der Waals surface area (Å²) in [5.74, 6) is 0. The molecule has 6 rings (SSSR count). The molecule has 0 heterocycles. The molecular formula is C43H42N2. The third-order valence-electron chi connectivity index (χ3n) is 8.93. The van der Waals surface area contributed by atoms with Crippen LogP contribution in [0.2, 0.25) is 0 Å². The Morgan fingerprint density at radius 2 is 0.689 bits per heavy atom. The zero-order valence-corrected chi connectivity index (χ0v) is 26.1. The van der Waals surface area contributed by atoms with Gasteiger partial charge in [0, 0.05) is 13.1 Å². The van der Waals surface area contributed by atoms with Crippen LogP contribution in [0.1, 0.15) is 46.7 Å². The molecule has 224 valence electrons. The van der Waals surface area contributed by atoms with Gasteiger partial charge in [0.1, 0.15) is 0 Å². The van der Waals surface area contributed by atoms with Crippen molar-refractivity contribution in [3.05, 3.63) is 215 Å². The van der Waals surface area contributed by atoms with E-state index in [1.54, 1.807) is 0 Å². The summed E-state index contributed by atoms with van der Waals surface area (Å²) in [5.41, 5.74) is 6.52. The summed E-state index contributed by atoms with van der Waals surface area (Å²) >= 11 is 0. The Bertz CT molecular complexity index is 1510. The highest BCUT2D eigenvalue weighted by molar-refractivity contribution is 5.51. The van der Waals surface area contributed by atoms with Crippen LogP contribution < -0.4 is 5.32 Å². The van der Waals surface area contributed by atoms with Crippen molar-refractivity contribution in [1.82, 2.24) is 10.2 Å². The minimum atomic E-state index is -0.517. The van der Waals surface area contributed by atoms with Gasteiger partial charge in [-0.25, -0.2) is 0 Å². The highest BCUT2D eigenvalue weighted by Gasteiger charge is 2.42. The number of hydrogen-bond acceptors (Lipinski definition) is 2. The number of nitrogens with one attached hydrogen (secondary N) is 1. The van der Waals surface area contributed by atoms with Crippen molar-refractivity contribution in [3.8, 4) is 0 Å². The van der Waals surface area contributed by atoms with Gasteiger partial charge >= 0.3 is 0 Å². The molecule has 6 aromatic rings. The van der Waals surface area contributed by atoms with Crippen LogP contribution in [0, 0.1) is 0 Å². The zero-order chi connectivity index (χ0) is 30.8. The van der Waals surface area contributed by atoms with E-state index in [0.717, 1.165) is 26.1 Å². The molecule has 0 fully saturated rings. The molecule has 0 unspecified atom stereocenters. The van der Waals surface area contributed by atoms with Crippen LogP contribution in [0.25, 0.3) is 0 Å². The monoisotopic (exact) mass is 586 g/mol. The van der Waals surface area contributed by atoms with Crippen molar-refractivity contribution < 1.29 is 0 Å². The first-order chi connectivity index (χ1) is 22.3. The quantitative estimate of drug-likeness (QED) is 0.136. The average Bonchev–Trinajstić information content (AvgIpc) is 3.13. The number of hydrogen-bond donors (Lipinski definition) is 1. The topological polar surface area (TPSA) is 15.3 Å². The fourth-order valence-electron chi connectivity index (χ4n) is 7.05. The van der Waals surface area contributed by atoms with Gasteiger partial charge in [0.15, 0.2) is 0 Å². The first-order valence-corrected chi connectivity index (χ1v) is 16.1. The highest BCUT2D eigenvalue weighted by atomic mass is 15.2. The number of rotatable bonds is 13. The van der Waals surface area contributed by atoms with E-state index in [9.17, 15) is 0 Å². The van der Waals surface area contributed by atoms with Crippen LogP contribution in [0.5, 0.6) is 0 Å². The molecule has 6 aromatic carbocycles. The van der Waals surface area contributed by atoms with Gasteiger partial charge in [-0.3, -0.25) is 10.2 Å². The van der Waals surface area contributed by atoms with Crippen LogP contribution in [0.4, 0.5) is 0 Å². The molecule has 2 nitrogen and oxygen atoms in total. The predicted molar refractivity (Wildman–Crippen MR) is 188 cm³/mol. The minimum Gasteiger partial charge on any atom is -0.299 e. The lowest BCUT2D eigenvalue weighted by molar-refractivity contribution is 0.154. The zero-order valence-electron chi connectivity index (χ0n) is 26.1. The van der Waals surface area contributed by atoms with Crippen molar-refractivity contribution in [2.24, 2.45) is 0 Å². The number of nitrogens with zero attached hydrogens (tertiary/aromatic N) is 1. The lowest BCUT2D eigenvalue weighted by Crippen LogP contribution is -2.53. The van der Waals surface area contributed by atoms with Gasteiger partial charge in [0.2, 0.25) is 0 Å². The smallest absolute Gasteiger partial charge is 0.0973 e. The van der Waals surface area contributed by atoms with Gasteiger partial charge < -0.3 is 0 Å². The Morgan fingerprint density at radius 1 is 0.400 bits per heavy atom. The van der Waals surface area contributed by atoms with E-state index in [0.29, 0.717) is 0 Å². The first-order valence-electron chi connectivity index (χ1n) is 16.1. The lowest BCUT2D eigenvalue weighted by Gasteiger charge is -2.46. The second kappa shape index (κ2) is 14.3. The standard InChI is InChI=1S/C43H42N2/c1-2-34-45(43(39-27-15-6-16-28-39,40-29-17-7-18-30-40)41-31-19-8-20-32-41)35-33-44-42(36-21-9-3-10-22-36,37-23-11-4-12-24-37)38-25-13-5-14-26-38/h3-32,44H,2,33-35H2,1H3. The summed E-state index contributed by atoms with van der Waals surface area (Å²) in [7, 11) is 0. The van der Waals surface area contributed by atoms with Gasteiger partial charge in [-0.15, -0.1) is 0 Å². The molecule has 0 amide bonds. The summed E-state index contributed by atoms with van der Waals surface area (Å²) in [6, 6.07) is 65.8. The summed E-state index contributed by atoms with van der Waals surface area (Å²) in [5, 5.41) is 4.16. The normalized spacial score (nSPS) is 11.9. The van der Waals surface area contributed by atoms with Gasteiger partial charge in [-0.2, -0.15) is 0 Å². The average molecular weight is 587 g/mol. The number of benzene rings is 6. The maximum atomic E-state index is 4.16. The molecular weight excluding hydrogens is 544 g/mol. The van der Waals surface area contributed by atoms with E-state index in [4.69, 9.17) is 0 Å². The SMILES string of the molecule is CCCN(CCNC(c1ccccc1)(c1ccccc1)c1ccccc1)C(c1ccccc1)(c1ccccc1)c1ccccc1. The van der Waals surface area contributed by atoms with Crippen LogP contribution in [-0.4, -0.2) is 24.5 Å². The second-order valence-corrected chi connectivity index (χ2v) is 11.6. The largest absolute Gasteiger partial charge is 0.299 e. The Hall–Kier alpha value is -4.76.